The lowest BCUT2D eigenvalue weighted by Crippen LogP contribution is -2.44. The van der Waals surface area contributed by atoms with Crippen LogP contribution in [-0.2, 0) is 22.6 Å². The topological polar surface area (TPSA) is 95.5 Å². The molecule has 1 amide bonds. The fourth-order valence-electron chi connectivity index (χ4n) is 1.94. The fourth-order valence-corrected chi connectivity index (χ4v) is 1.94. The van der Waals surface area contributed by atoms with Crippen molar-refractivity contribution in [3.63, 3.8) is 0 Å². The Morgan fingerprint density at radius 3 is 2.68 bits per heavy atom. The number of nitrogens with one attached hydrogen (secondary N) is 1. The average molecular weight is 303 g/mol. The minimum Gasteiger partial charge on any atom is -0.480 e. The molecule has 0 unspecified atom stereocenters. The number of aromatic nitrogens is 2. The zero-order chi connectivity index (χ0) is 15.9. The number of hydrogen-bond acceptors (Lipinski definition) is 4. The van der Waals surface area contributed by atoms with Crippen molar-refractivity contribution in [1.29, 1.82) is 0 Å². The molecule has 0 radical (unpaired) electrons. The summed E-state index contributed by atoms with van der Waals surface area (Å²) in [4.78, 5) is 31.1. The number of carbonyl (C=O) groups is 2. The Balaban J connectivity index is 1.95. The molecule has 1 aromatic carbocycles. The Hall–Kier alpha value is -2.83. The van der Waals surface area contributed by atoms with Gasteiger partial charge in [-0.15, -0.1) is 0 Å². The summed E-state index contributed by atoms with van der Waals surface area (Å²) in [5.74, 6) is -1.10. The minimum absolute atomic E-state index is 0.0976. The first kappa shape index (κ1) is 15.6. The molecule has 0 bridgehead atoms. The second kappa shape index (κ2) is 7.26. The van der Waals surface area contributed by atoms with Crippen molar-refractivity contribution in [3.05, 3.63) is 54.1 Å². The number of amides is 1. The Morgan fingerprint density at radius 2 is 2.09 bits per heavy atom. The summed E-state index contributed by atoms with van der Waals surface area (Å²) < 4.78 is 5.14. The summed E-state index contributed by atoms with van der Waals surface area (Å²) in [5, 5.41) is 9.29. The summed E-state index contributed by atoms with van der Waals surface area (Å²) in [6, 6.07) is 8.17. The molecule has 7 nitrogen and oxygen atoms in total. The van der Waals surface area contributed by atoms with Gasteiger partial charge in [0.15, 0.2) is 0 Å². The highest BCUT2D eigenvalue weighted by atomic mass is 16.6. The number of ether oxygens (including phenoxy) is 1. The molecule has 0 saturated heterocycles. The SMILES string of the molecule is CN(C(=O)OCc1ccccc1)[C@@H](Cc1cnc[nH]1)C(=O)O. The molecule has 0 fully saturated rings. The first-order chi connectivity index (χ1) is 10.6. The second-order valence-electron chi connectivity index (χ2n) is 4.79. The molecule has 1 heterocycles. The third-order valence-electron chi connectivity index (χ3n) is 3.21. The molecular formula is C15H17N3O4. The van der Waals surface area contributed by atoms with Crippen LogP contribution in [0.25, 0.3) is 0 Å². The molecule has 1 aromatic heterocycles. The molecule has 0 spiro atoms. The number of carboxylic acid groups (broad SMARTS) is 1. The van der Waals surface area contributed by atoms with Crippen LogP contribution in [0.2, 0.25) is 0 Å². The van der Waals surface area contributed by atoms with Gasteiger partial charge in [-0.05, 0) is 5.56 Å². The smallest absolute Gasteiger partial charge is 0.410 e. The van der Waals surface area contributed by atoms with Crippen molar-refractivity contribution in [2.75, 3.05) is 7.05 Å². The van der Waals surface area contributed by atoms with Gasteiger partial charge in [0.05, 0.1) is 6.33 Å². The fraction of sp³-hybridized carbons (Fsp3) is 0.267. The van der Waals surface area contributed by atoms with Gasteiger partial charge in [0.1, 0.15) is 12.6 Å². The number of carbonyl (C=O) groups excluding carboxylic acids is 1. The van der Waals surface area contributed by atoms with Crippen molar-refractivity contribution >= 4 is 12.1 Å². The van der Waals surface area contributed by atoms with Crippen LogP contribution in [0.15, 0.2) is 42.9 Å². The molecular weight excluding hydrogens is 286 g/mol. The second-order valence-corrected chi connectivity index (χ2v) is 4.79. The van der Waals surface area contributed by atoms with Crippen LogP contribution < -0.4 is 0 Å². The Bertz CT molecular complexity index is 613. The van der Waals surface area contributed by atoms with E-state index in [1.165, 1.54) is 19.6 Å². The Labute approximate surface area is 127 Å². The number of aliphatic carboxylic acids is 1. The number of benzene rings is 1. The van der Waals surface area contributed by atoms with Gasteiger partial charge >= 0.3 is 12.1 Å². The van der Waals surface area contributed by atoms with Gasteiger partial charge in [-0.25, -0.2) is 14.6 Å². The van der Waals surface area contributed by atoms with E-state index in [1.807, 2.05) is 30.3 Å². The van der Waals surface area contributed by atoms with Crippen LogP contribution >= 0.6 is 0 Å². The summed E-state index contributed by atoms with van der Waals surface area (Å²) in [5.41, 5.74) is 1.47. The van der Waals surface area contributed by atoms with Crippen molar-refractivity contribution in [2.45, 2.75) is 19.1 Å². The van der Waals surface area contributed by atoms with Crippen LogP contribution in [0.5, 0.6) is 0 Å². The lowest BCUT2D eigenvalue weighted by molar-refractivity contribution is -0.142. The van der Waals surface area contributed by atoms with E-state index >= 15 is 0 Å². The first-order valence-corrected chi connectivity index (χ1v) is 6.71. The molecule has 116 valence electrons. The predicted molar refractivity (Wildman–Crippen MR) is 78.1 cm³/mol. The average Bonchev–Trinajstić information content (AvgIpc) is 3.03. The largest absolute Gasteiger partial charge is 0.480 e. The van der Waals surface area contributed by atoms with Gasteiger partial charge in [-0.1, -0.05) is 30.3 Å². The third kappa shape index (κ3) is 4.08. The van der Waals surface area contributed by atoms with Gasteiger partial charge in [0.25, 0.3) is 0 Å². The maximum Gasteiger partial charge on any atom is 0.410 e. The highest BCUT2D eigenvalue weighted by molar-refractivity contribution is 5.80. The highest BCUT2D eigenvalue weighted by Crippen LogP contribution is 2.09. The molecule has 22 heavy (non-hydrogen) atoms. The summed E-state index contributed by atoms with van der Waals surface area (Å²) in [7, 11) is 1.41. The lowest BCUT2D eigenvalue weighted by atomic mass is 10.1. The van der Waals surface area contributed by atoms with E-state index in [4.69, 9.17) is 4.74 Å². The van der Waals surface area contributed by atoms with E-state index in [1.54, 1.807) is 0 Å². The normalized spacial score (nSPS) is 11.7. The van der Waals surface area contributed by atoms with Gasteiger partial charge in [-0.3, -0.25) is 4.90 Å². The molecule has 0 aliphatic heterocycles. The molecule has 2 rings (SSSR count). The van der Waals surface area contributed by atoms with E-state index in [0.717, 1.165) is 10.5 Å². The third-order valence-corrected chi connectivity index (χ3v) is 3.21. The number of aromatic amines is 1. The summed E-state index contributed by atoms with van der Waals surface area (Å²) >= 11 is 0. The zero-order valence-corrected chi connectivity index (χ0v) is 12.1. The first-order valence-electron chi connectivity index (χ1n) is 6.71. The minimum atomic E-state index is -1.10. The summed E-state index contributed by atoms with van der Waals surface area (Å²) in [6.07, 6.45) is 2.43. The molecule has 2 aromatic rings. The van der Waals surface area contributed by atoms with Crippen LogP contribution in [0.4, 0.5) is 4.79 Å². The van der Waals surface area contributed by atoms with Gasteiger partial charge < -0.3 is 14.8 Å². The van der Waals surface area contributed by atoms with Crippen LogP contribution in [-0.4, -0.2) is 45.1 Å². The monoisotopic (exact) mass is 303 g/mol. The summed E-state index contributed by atoms with van der Waals surface area (Å²) in [6.45, 7) is 0.0976. The van der Waals surface area contributed by atoms with Crippen LogP contribution in [0.3, 0.4) is 0 Å². The van der Waals surface area contributed by atoms with Crippen LogP contribution in [0, 0.1) is 0 Å². The molecule has 0 aliphatic carbocycles. The number of nitrogens with zero attached hydrogens (tertiary/aromatic N) is 2. The molecule has 0 aliphatic rings. The van der Waals surface area contributed by atoms with E-state index in [0.29, 0.717) is 5.69 Å². The lowest BCUT2D eigenvalue weighted by Gasteiger charge is -2.23. The number of imidazole rings is 1. The standard InChI is InChI=1S/C15H17N3O4/c1-18(13(14(19)20)7-12-8-16-10-17-12)15(21)22-9-11-5-3-2-4-6-11/h2-6,8,10,13H,7,9H2,1H3,(H,16,17)(H,19,20)/t13-/m0/s1. The van der Waals surface area contributed by atoms with Gasteiger partial charge in [-0.2, -0.15) is 0 Å². The van der Waals surface area contributed by atoms with Crippen molar-refractivity contribution in [2.24, 2.45) is 0 Å². The number of rotatable bonds is 6. The maximum absolute atomic E-state index is 12.0. The molecule has 2 N–H and O–H groups in total. The Kier molecular flexibility index (Phi) is 5.13. The van der Waals surface area contributed by atoms with E-state index in [9.17, 15) is 14.7 Å². The molecule has 0 saturated carbocycles. The van der Waals surface area contributed by atoms with E-state index in [2.05, 4.69) is 9.97 Å². The van der Waals surface area contributed by atoms with Crippen LogP contribution in [0.1, 0.15) is 11.3 Å². The number of carboxylic acids is 1. The predicted octanol–water partition coefficient (Wildman–Crippen LogP) is 1.67. The number of H-pyrrole nitrogens is 1. The van der Waals surface area contributed by atoms with Gasteiger partial charge in [0, 0.05) is 25.4 Å². The van der Waals surface area contributed by atoms with Crippen molar-refractivity contribution < 1.29 is 19.4 Å². The number of hydrogen-bond donors (Lipinski definition) is 2. The highest BCUT2D eigenvalue weighted by Gasteiger charge is 2.28. The Morgan fingerprint density at radius 1 is 1.36 bits per heavy atom. The zero-order valence-electron chi connectivity index (χ0n) is 12.1. The van der Waals surface area contributed by atoms with E-state index < -0.39 is 18.1 Å². The molecule has 7 heteroatoms. The molecule has 1 atom stereocenters. The quantitative estimate of drug-likeness (QED) is 0.846. The van der Waals surface area contributed by atoms with Crippen molar-refractivity contribution in [3.8, 4) is 0 Å². The van der Waals surface area contributed by atoms with Crippen molar-refractivity contribution in [1.82, 2.24) is 14.9 Å². The number of likely N-dealkylation sites (N-methyl/N-ethyl adjacent to an activating group) is 1. The van der Waals surface area contributed by atoms with E-state index in [-0.39, 0.29) is 13.0 Å². The maximum atomic E-state index is 12.0. The van der Waals surface area contributed by atoms with Gasteiger partial charge in [0.2, 0.25) is 0 Å².